The molecule has 0 aromatic carbocycles. The minimum Gasteiger partial charge on any atom is -0.394 e. The molecular weight excluding hydrogens is 284 g/mol. The minimum atomic E-state index is -1.31. The van der Waals surface area contributed by atoms with Gasteiger partial charge in [-0.15, -0.1) is 0 Å². The summed E-state index contributed by atoms with van der Waals surface area (Å²) in [6.45, 7) is -0.927. The number of aromatic nitrogens is 4. The van der Waals surface area contributed by atoms with Gasteiger partial charge in [0.05, 0.1) is 12.9 Å². The van der Waals surface area contributed by atoms with Crippen LogP contribution in [0, 0.1) is 0 Å². The van der Waals surface area contributed by atoms with Crippen molar-refractivity contribution in [2.75, 3.05) is 6.61 Å². The molecule has 1 aliphatic rings. The van der Waals surface area contributed by atoms with E-state index in [4.69, 9.17) is 14.9 Å². The highest BCUT2D eigenvalue weighted by Crippen LogP contribution is 2.30. The number of fused-ring (bicyclic) bond motifs is 1. The molecule has 4 unspecified atom stereocenters. The van der Waals surface area contributed by atoms with Crippen LogP contribution in [-0.4, -0.2) is 64.9 Å². The topological polar surface area (TPSA) is 154 Å². The lowest BCUT2D eigenvalue weighted by Crippen LogP contribution is -2.33. The Morgan fingerprint density at radius 3 is 2.71 bits per heavy atom. The van der Waals surface area contributed by atoms with E-state index in [2.05, 4.69) is 15.0 Å². The smallest absolute Gasteiger partial charge is 0.279 e. The second-order valence-electron chi connectivity index (χ2n) is 4.72. The van der Waals surface area contributed by atoms with E-state index in [0.717, 1.165) is 0 Å². The summed E-state index contributed by atoms with van der Waals surface area (Å²) in [5.74, 6) is 0.0426. The van der Waals surface area contributed by atoms with Crippen molar-refractivity contribution in [3.8, 4) is 0 Å². The van der Waals surface area contributed by atoms with Crippen molar-refractivity contribution in [1.82, 2.24) is 19.5 Å². The molecule has 4 atom stereocenters. The van der Waals surface area contributed by atoms with Crippen LogP contribution in [0.4, 0.5) is 0 Å². The van der Waals surface area contributed by atoms with Crippen LogP contribution >= 0.6 is 0 Å². The lowest BCUT2D eigenvalue weighted by Gasteiger charge is -2.16. The zero-order valence-electron chi connectivity index (χ0n) is 10.7. The summed E-state index contributed by atoms with van der Waals surface area (Å²) in [5.41, 5.74) is -0.405. The molecule has 1 fully saturated rings. The quantitative estimate of drug-likeness (QED) is 0.408. The third-order valence-electron chi connectivity index (χ3n) is 3.42. The van der Waals surface area contributed by atoms with Crippen LogP contribution < -0.4 is 5.56 Å². The molecule has 2 aromatic rings. The van der Waals surface area contributed by atoms with Crippen molar-refractivity contribution in [3.63, 3.8) is 0 Å². The van der Waals surface area contributed by atoms with Gasteiger partial charge in [-0.05, 0) is 0 Å². The maximum atomic E-state index is 11.8. The second kappa shape index (κ2) is 5.16. The first-order chi connectivity index (χ1) is 10.1. The van der Waals surface area contributed by atoms with E-state index in [9.17, 15) is 15.0 Å². The highest BCUT2D eigenvalue weighted by molar-refractivity contribution is 5.69. The molecular formula is C11H14N4O6. The Bertz CT molecular complexity index is 712. The predicted molar refractivity (Wildman–Crippen MR) is 67.1 cm³/mol. The van der Waals surface area contributed by atoms with Crippen molar-refractivity contribution in [3.05, 3.63) is 22.5 Å². The average molecular weight is 298 g/mol. The fourth-order valence-corrected chi connectivity index (χ4v) is 2.34. The summed E-state index contributed by atoms with van der Waals surface area (Å²) in [5, 5.41) is 37.9. The van der Waals surface area contributed by atoms with Crippen LogP contribution in [0.5, 0.6) is 0 Å². The first-order valence-electron chi connectivity index (χ1n) is 6.26. The van der Waals surface area contributed by atoms with Crippen molar-refractivity contribution < 1.29 is 25.2 Å². The summed E-state index contributed by atoms with van der Waals surface area (Å²) in [4.78, 5) is 22.1. The number of nitrogens with one attached hydrogen (secondary N) is 1. The Morgan fingerprint density at radius 2 is 2.10 bits per heavy atom. The van der Waals surface area contributed by atoms with Gasteiger partial charge in [0, 0.05) is 0 Å². The van der Waals surface area contributed by atoms with Crippen molar-refractivity contribution in [1.29, 1.82) is 0 Å². The first kappa shape index (κ1) is 14.1. The van der Waals surface area contributed by atoms with E-state index in [1.807, 2.05) is 0 Å². The van der Waals surface area contributed by atoms with Crippen LogP contribution in [-0.2, 0) is 11.3 Å². The Hall–Kier alpha value is -1.85. The molecule has 0 radical (unpaired) electrons. The van der Waals surface area contributed by atoms with Gasteiger partial charge < -0.3 is 30.1 Å². The molecule has 5 N–H and O–H groups in total. The highest BCUT2D eigenvalue weighted by atomic mass is 16.6. The van der Waals surface area contributed by atoms with Crippen molar-refractivity contribution >= 4 is 11.2 Å². The molecule has 3 heterocycles. The molecule has 0 aliphatic carbocycles. The molecule has 0 spiro atoms. The molecule has 10 heteroatoms. The van der Waals surface area contributed by atoms with E-state index in [0.29, 0.717) is 0 Å². The Kier molecular flexibility index (Phi) is 3.47. The Balaban J connectivity index is 2.09. The first-order valence-corrected chi connectivity index (χ1v) is 6.26. The van der Waals surface area contributed by atoms with Crippen LogP contribution in [0.2, 0.25) is 0 Å². The number of nitrogens with zero attached hydrogens (tertiary/aromatic N) is 3. The molecule has 0 bridgehead atoms. The molecule has 114 valence electrons. The number of imidazole rings is 1. The van der Waals surface area contributed by atoms with E-state index in [1.165, 1.54) is 10.9 Å². The van der Waals surface area contributed by atoms with Crippen LogP contribution in [0.3, 0.4) is 0 Å². The van der Waals surface area contributed by atoms with E-state index >= 15 is 0 Å². The molecule has 0 amide bonds. The van der Waals surface area contributed by atoms with Gasteiger partial charge in [0.2, 0.25) is 0 Å². The maximum Gasteiger partial charge on any atom is 0.279 e. The van der Waals surface area contributed by atoms with E-state index < -0.39 is 43.3 Å². The molecule has 21 heavy (non-hydrogen) atoms. The maximum absolute atomic E-state index is 11.8. The van der Waals surface area contributed by atoms with Gasteiger partial charge in [-0.1, -0.05) is 0 Å². The number of hydrogen-bond acceptors (Lipinski definition) is 8. The Labute approximate surface area is 117 Å². The number of ether oxygens (including phenoxy) is 1. The van der Waals surface area contributed by atoms with Gasteiger partial charge in [0.15, 0.2) is 17.4 Å². The predicted octanol–water partition coefficient (Wildman–Crippen LogP) is -2.78. The standard InChI is InChI=1S/C11H14N4O6/c16-1-4-7(18)8(19)11(21-4)15-3-12-6-9(15)13-5(2-17)14-10(6)20/h3-4,7-8,11,16-19H,1-2H2,(H,13,14,20). The summed E-state index contributed by atoms with van der Waals surface area (Å²) in [7, 11) is 0. The fourth-order valence-electron chi connectivity index (χ4n) is 2.34. The van der Waals surface area contributed by atoms with Crippen LogP contribution in [0.1, 0.15) is 12.1 Å². The summed E-state index contributed by atoms with van der Waals surface area (Å²) >= 11 is 0. The third kappa shape index (κ3) is 2.13. The molecule has 3 rings (SSSR count). The van der Waals surface area contributed by atoms with Gasteiger partial charge >= 0.3 is 0 Å². The van der Waals surface area contributed by atoms with Gasteiger partial charge in [0.25, 0.3) is 5.56 Å². The zero-order chi connectivity index (χ0) is 15.1. The summed E-state index contributed by atoms with van der Waals surface area (Å²) in [6, 6.07) is 0. The van der Waals surface area contributed by atoms with Crippen LogP contribution in [0.15, 0.2) is 11.1 Å². The van der Waals surface area contributed by atoms with Crippen LogP contribution in [0.25, 0.3) is 11.2 Å². The number of hydrogen-bond donors (Lipinski definition) is 5. The molecule has 1 aliphatic heterocycles. The Morgan fingerprint density at radius 1 is 1.33 bits per heavy atom. The fraction of sp³-hybridized carbons (Fsp3) is 0.545. The molecule has 0 saturated carbocycles. The van der Waals surface area contributed by atoms with Gasteiger partial charge in [0.1, 0.15) is 30.7 Å². The number of aliphatic hydroxyl groups is 4. The number of aliphatic hydroxyl groups excluding tert-OH is 4. The largest absolute Gasteiger partial charge is 0.394 e. The summed E-state index contributed by atoms with van der Waals surface area (Å²) < 4.78 is 6.64. The number of rotatable bonds is 3. The molecule has 1 saturated heterocycles. The van der Waals surface area contributed by atoms with E-state index in [-0.39, 0.29) is 17.0 Å². The van der Waals surface area contributed by atoms with Crippen molar-refractivity contribution in [2.24, 2.45) is 0 Å². The summed E-state index contributed by atoms with van der Waals surface area (Å²) in [6.07, 6.45) is -3.31. The third-order valence-corrected chi connectivity index (χ3v) is 3.42. The lowest BCUT2D eigenvalue weighted by atomic mass is 10.1. The minimum absolute atomic E-state index is 0.0185. The normalized spacial score (nSPS) is 29.3. The van der Waals surface area contributed by atoms with Gasteiger partial charge in [-0.2, -0.15) is 0 Å². The number of aromatic amines is 1. The molecule has 10 nitrogen and oxygen atoms in total. The monoisotopic (exact) mass is 298 g/mol. The van der Waals surface area contributed by atoms with Gasteiger partial charge in [-0.3, -0.25) is 9.36 Å². The van der Waals surface area contributed by atoms with Crippen molar-refractivity contribution in [2.45, 2.75) is 31.1 Å². The zero-order valence-corrected chi connectivity index (χ0v) is 10.7. The number of H-pyrrole nitrogens is 1. The highest BCUT2D eigenvalue weighted by Gasteiger charge is 2.44. The van der Waals surface area contributed by atoms with E-state index in [1.54, 1.807) is 0 Å². The van der Waals surface area contributed by atoms with Gasteiger partial charge in [-0.25, -0.2) is 9.97 Å². The SMILES string of the molecule is O=c1[nH]c(CO)nc2c1ncn2C1OC(CO)C(O)C1O. The average Bonchev–Trinajstić information content (AvgIpc) is 3.02. The lowest BCUT2D eigenvalue weighted by molar-refractivity contribution is -0.0511. The second-order valence-corrected chi connectivity index (χ2v) is 4.72. The molecule has 2 aromatic heterocycles.